The van der Waals surface area contributed by atoms with Crippen LogP contribution in [0.3, 0.4) is 0 Å². The highest BCUT2D eigenvalue weighted by Crippen LogP contribution is 2.28. The number of aryl methyl sites for hydroxylation is 2. The number of hydrogen-bond acceptors (Lipinski definition) is 6. The van der Waals surface area contributed by atoms with Gasteiger partial charge in [0.25, 0.3) is 0 Å². The van der Waals surface area contributed by atoms with E-state index >= 15 is 0 Å². The standard InChI is InChI=1S/C19H17NO3S2/c1-11-6-7-14(9-12(11)2)17(21)13(3)23-19(22)15-10-25-18(20-15)16-5-4-8-24-16/h4-10,13H,1-3H3/t13-/m1/s1. The van der Waals surface area contributed by atoms with Gasteiger partial charge in [0.05, 0.1) is 4.88 Å². The Labute approximate surface area is 154 Å². The molecular weight excluding hydrogens is 354 g/mol. The minimum atomic E-state index is -0.860. The van der Waals surface area contributed by atoms with Crippen molar-refractivity contribution in [3.63, 3.8) is 0 Å². The first-order valence-corrected chi connectivity index (χ1v) is 9.53. The van der Waals surface area contributed by atoms with Crippen LogP contribution in [0.2, 0.25) is 0 Å². The van der Waals surface area contributed by atoms with E-state index in [1.807, 2.05) is 43.5 Å². The van der Waals surface area contributed by atoms with E-state index < -0.39 is 12.1 Å². The summed E-state index contributed by atoms with van der Waals surface area (Å²) in [7, 11) is 0. The van der Waals surface area contributed by atoms with Crippen LogP contribution in [0, 0.1) is 13.8 Å². The van der Waals surface area contributed by atoms with Crippen molar-refractivity contribution < 1.29 is 14.3 Å². The summed E-state index contributed by atoms with van der Waals surface area (Å²) in [5.74, 6) is -0.797. The number of ketones is 1. The van der Waals surface area contributed by atoms with E-state index in [2.05, 4.69) is 4.98 Å². The molecule has 6 heteroatoms. The monoisotopic (exact) mass is 371 g/mol. The fourth-order valence-electron chi connectivity index (χ4n) is 2.28. The Morgan fingerprint density at radius 2 is 1.92 bits per heavy atom. The maximum atomic E-state index is 12.5. The number of rotatable bonds is 5. The number of nitrogens with zero attached hydrogens (tertiary/aromatic N) is 1. The van der Waals surface area contributed by atoms with Gasteiger partial charge in [-0.05, 0) is 49.4 Å². The van der Waals surface area contributed by atoms with E-state index in [-0.39, 0.29) is 11.5 Å². The molecule has 0 unspecified atom stereocenters. The summed E-state index contributed by atoms with van der Waals surface area (Å²) in [6, 6.07) is 9.35. The number of ether oxygens (including phenoxy) is 1. The van der Waals surface area contributed by atoms with E-state index in [1.54, 1.807) is 29.7 Å². The fourth-order valence-corrected chi connectivity index (χ4v) is 3.89. The van der Waals surface area contributed by atoms with Gasteiger partial charge < -0.3 is 4.74 Å². The molecule has 0 aliphatic carbocycles. The quantitative estimate of drug-likeness (QED) is 0.472. The first-order chi connectivity index (χ1) is 12.0. The number of carbonyl (C=O) groups is 2. The topological polar surface area (TPSA) is 56.3 Å². The second kappa shape index (κ2) is 7.29. The third-order valence-corrected chi connectivity index (χ3v) is 5.77. The summed E-state index contributed by atoms with van der Waals surface area (Å²) in [6.07, 6.45) is -0.860. The number of esters is 1. The average Bonchev–Trinajstić information content (AvgIpc) is 3.27. The van der Waals surface area contributed by atoms with Gasteiger partial charge in [-0.25, -0.2) is 9.78 Å². The van der Waals surface area contributed by atoms with Gasteiger partial charge in [-0.1, -0.05) is 18.2 Å². The Morgan fingerprint density at radius 3 is 2.60 bits per heavy atom. The molecule has 0 bridgehead atoms. The fraction of sp³-hybridized carbons (Fsp3) is 0.211. The molecule has 0 aliphatic rings. The zero-order valence-corrected chi connectivity index (χ0v) is 15.7. The van der Waals surface area contributed by atoms with E-state index in [0.717, 1.165) is 21.0 Å². The van der Waals surface area contributed by atoms with Crippen molar-refractivity contribution in [2.75, 3.05) is 0 Å². The predicted octanol–water partition coefficient (Wildman–Crippen LogP) is 4.92. The van der Waals surface area contributed by atoms with Crippen LogP contribution in [-0.4, -0.2) is 22.8 Å². The molecule has 25 heavy (non-hydrogen) atoms. The number of benzene rings is 1. The molecule has 2 heterocycles. The van der Waals surface area contributed by atoms with Crippen molar-refractivity contribution in [3.05, 3.63) is 63.5 Å². The molecule has 0 saturated heterocycles. The Balaban J connectivity index is 1.69. The van der Waals surface area contributed by atoms with Crippen LogP contribution in [0.25, 0.3) is 9.88 Å². The molecule has 1 aromatic carbocycles. The molecule has 2 aromatic heterocycles. The molecule has 3 rings (SSSR count). The first-order valence-electron chi connectivity index (χ1n) is 7.77. The van der Waals surface area contributed by atoms with Crippen molar-refractivity contribution in [1.82, 2.24) is 4.98 Å². The SMILES string of the molecule is Cc1ccc(C(=O)[C@@H](C)OC(=O)c2csc(-c3cccs3)n2)cc1C. The molecule has 0 amide bonds. The van der Waals surface area contributed by atoms with Gasteiger partial charge in [-0.2, -0.15) is 0 Å². The van der Waals surface area contributed by atoms with E-state index in [1.165, 1.54) is 11.3 Å². The number of thiophene rings is 1. The van der Waals surface area contributed by atoms with Crippen LogP contribution in [0.15, 0.2) is 41.1 Å². The first kappa shape index (κ1) is 17.5. The van der Waals surface area contributed by atoms with Crippen molar-refractivity contribution in [2.24, 2.45) is 0 Å². The number of aromatic nitrogens is 1. The van der Waals surface area contributed by atoms with Crippen molar-refractivity contribution in [2.45, 2.75) is 26.9 Å². The lowest BCUT2D eigenvalue weighted by atomic mass is 10.0. The molecule has 4 nitrogen and oxygen atoms in total. The van der Waals surface area contributed by atoms with Crippen LogP contribution < -0.4 is 0 Å². The lowest BCUT2D eigenvalue weighted by Crippen LogP contribution is -2.24. The minimum Gasteiger partial charge on any atom is -0.450 e. The molecular formula is C19H17NO3S2. The van der Waals surface area contributed by atoms with Crippen molar-refractivity contribution in [1.29, 1.82) is 0 Å². The van der Waals surface area contributed by atoms with E-state index in [4.69, 9.17) is 4.74 Å². The molecule has 0 N–H and O–H groups in total. The van der Waals surface area contributed by atoms with E-state index in [9.17, 15) is 9.59 Å². The molecule has 0 aliphatic heterocycles. The number of hydrogen-bond donors (Lipinski definition) is 0. The van der Waals surface area contributed by atoms with E-state index in [0.29, 0.717) is 5.56 Å². The van der Waals surface area contributed by atoms with Gasteiger partial charge in [-0.15, -0.1) is 22.7 Å². The Morgan fingerprint density at radius 1 is 1.12 bits per heavy atom. The number of thiazole rings is 1. The van der Waals surface area contributed by atoms with Gasteiger partial charge in [0.2, 0.25) is 5.78 Å². The summed E-state index contributed by atoms with van der Waals surface area (Å²) in [6.45, 7) is 5.52. The predicted molar refractivity (Wildman–Crippen MR) is 101 cm³/mol. The van der Waals surface area contributed by atoms with Crippen LogP contribution in [0.1, 0.15) is 38.9 Å². The largest absolute Gasteiger partial charge is 0.450 e. The second-order valence-electron chi connectivity index (χ2n) is 5.73. The summed E-state index contributed by atoms with van der Waals surface area (Å²) in [5, 5.41) is 4.39. The van der Waals surface area contributed by atoms with Crippen molar-refractivity contribution >= 4 is 34.4 Å². The van der Waals surface area contributed by atoms with Gasteiger partial charge >= 0.3 is 5.97 Å². The molecule has 0 saturated carbocycles. The molecule has 0 fully saturated rings. The van der Waals surface area contributed by atoms with Gasteiger partial charge in [0.1, 0.15) is 5.01 Å². The normalized spacial score (nSPS) is 12.0. The summed E-state index contributed by atoms with van der Waals surface area (Å²) < 4.78 is 5.31. The van der Waals surface area contributed by atoms with Gasteiger partial charge in [-0.3, -0.25) is 4.79 Å². The average molecular weight is 371 g/mol. The molecule has 0 spiro atoms. The summed E-state index contributed by atoms with van der Waals surface area (Å²) in [5.41, 5.74) is 2.92. The minimum absolute atomic E-state index is 0.217. The maximum absolute atomic E-state index is 12.5. The molecule has 128 valence electrons. The van der Waals surface area contributed by atoms with Gasteiger partial charge in [0, 0.05) is 10.9 Å². The zero-order valence-electron chi connectivity index (χ0n) is 14.1. The highest BCUT2D eigenvalue weighted by atomic mass is 32.1. The summed E-state index contributed by atoms with van der Waals surface area (Å²) >= 11 is 2.95. The highest BCUT2D eigenvalue weighted by molar-refractivity contribution is 7.20. The Kier molecular flexibility index (Phi) is 5.11. The summed E-state index contributed by atoms with van der Waals surface area (Å²) in [4.78, 5) is 30.1. The Bertz CT molecular complexity index is 913. The van der Waals surface area contributed by atoms with Crippen LogP contribution in [0.5, 0.6) is 0 Å². The third-order valence-electron chi connectivity index (χ3n) is 3.89. The van der Waals surface area contributed by atoms with Crippen molar-refractivity contribution in [3.8, 4) is 9.88 Å². The number of carbonyl (C=O) groups excluding carboxylic acids is 2. The zero-order chi connectivity index (χ0) is 18.0. The molecule has 1 atom stereocenters. The lowest BCUT2D eigenvalue weighted by Gasteiger charge is -2.12. The lowest BCUT2D eigenvalue weighted by molar-refractivity contribution is 0.0314. The van der Waals surface area contributed by atoms with Crippen LogP contribution >= 0.6 is 22.7 Å². The molecule has 3 aromatic rings. The third kappa shape index (κ3) is 3.86. The van der Waals surface area contributed by atoms with Gasteiger partial charge in [0.15, 0.2) is 11.8 Å². The smallest absolute Gasteiger partial charge is 0.358 e. The van der Waals surface area contributed by atoms with Crippen LogP contribution in [-0.2, 0) is 4.74 Å². The Hall–Kier alpha value is -2.31. The second-order valence-corrected chi connectivity index (χ2v) is 7.53. The van der Waals surface area contributed by atoms with Crippen LogP contribution in [0.4, 0.5) is 0 Å². The molecule has 0 radical (unpaired) electrons. The maximum Gasteiger partial charge on any atom is 0.358 e. The number of Topliss-reactive ketones (excluding diaryl/α,β-unsaturated/α-hetero) is 1. The highest BCUT2D eigenvalue weighted by Gasteiger charge is 2.22.